The number of halogens is 9. The summed E-state index contributed by atoms with van der Waals surface area (Å²) in [6.07, 6.45) is -13.5. The third-order valence-corrected chi connectivity index (χ3v) is 7.17. The molecule has 0 aliphatic rings. The molecule has 0 amide bonds. The minimum Gasteiger partial charge on any atom is -0.397 e. The van der Waals surface area contributed by atoms with Gasteiger partial charge in [0, 0.05) is 17.7 Å². The number of carbonyl (C=O) groups excluding carboxylic acids is 1. The van der Waals surface area contributed by atoms with Gasteiger partial charge in [-0.1, -0.05) is 78.9 Å². The van der Waals surface area contributed by atoms with E-state index in [1.807, 2.05) is 12.1 Å². The molecule has 1 heterocycles. The van der Waals surface area contributed by atoms with Crippen LogP contribution in [-0.4, -0.2) is 27.6 Å². The van der Waals surface area contributed by atoms with E-state index in [-0.39, 0.29) is 42.0 Å². The number of alkyl halides is 9. The minimum atomic E-state index is -4.64. The number of hydrogen-bond donors (Lipinski definition) is 3. The van der Waals surface area contributed by atoms with Crippen molar-refractivity contribution in [1.82, 2.24) is 9.55 Å². The summed E-state index contributed by atoms with van der Waals surface area (Å²) in [5.74, 6) is -0.0406. The first-order chi connectivity index (χ1) is 24.9. The number of rotatable bonds is 4. The van der Waals surface area contributed by atoms with Gasteiger partial charge in [-0.15, -0.1) is 0 Å². The second-order valence-corrected chi connectivity index (χ2v) is 10.9. The van der Waals surface area contributed by atoms with E-state index in [1.54, 1.807) is 43.3 Å². The van der Waals surface area contributed by atoms with Gasteiger partial charge in [-0.2, -0.15) is 39.5 Å². The SMILES string of the molecule is CCO.FC(F)(F)c1ccccc1Cn1c(-c2ccccc2C(F)(F)F)nc2ccccc21.Nc1ccccc1N.O=Cc1ccccc1C(F)(F)F. The molecule has 0 fully saturated rings. The van der Waals surface area contributed by atoms with Crippen LogP contribution in [-0.2, 0) is 25.1 Å². The number of para-hydroxylation sites is 4. The largest absolute Gasteiger partial charge is 0.417 e. The van der Waals surface area contributed by atoms with E-state index < -0.39 is 35.2 Å². The van der Waals surface area contributed by atoms with Crippen molar-refractivity contribution >= 4 is 28.7 Å². The van der Waals surface area contributed by atoms with Crippen LogP contribution in [0.3, 0.4) is 0 Å². The topological polar surface area (TPSA) is 107 Å². The molecule has 0 unspecified atom stereocenters. The zero-order valence-corrected chi connectivity index (χ0v) is 27.8. The van der Waals surface area contributed by atoms with Gasteiger partial charge < -0.3 is 21.1 Å². The lowest BCUT2D eigenvalue weighted by molar-refractivity contribution is -0.138. The first-order valence-corrected chi connectivity index (χ1v) is 15.5. The maximum absolute atomic E-state index is 13.6. The first-order valence-electron chi connectivity index (χ1n) is 15.5. The number of imidazole rings is 1. The molecular weight excluding hydrogens is 715 g/mol. The second-order valence-electron chi connectivity index (χ2n) is 10.9. The smallest absolute Gasteiger partial charge is 0.397 e. The molecule has 0 aliphatic heterocycles. The quantitative estimate of drug-likeness (QED) is 0.0946. The molecule has 0 aliphatic carbocycles. The summed E-state index contributed by atoms with van der Waals surface area (Å²) < 4.78 is 119. The fourth-order valence-electron chi connectivity index (χ4n) is 4.84. The highest BCUT2D eigenvalue weighted by molar-refractivity contribution is 5.81. The number of aldehydes is 1. The number of hydrogen-bond acceptors (Lipinski definition) is 5. The number of anilines is 2. The Hall–Kier alpha value is -5.83. The van der Waals surface area contributed by atoms with Crippen molar-refractivity contribution in [3.05, 3.63) is 149 Å². The Labute approximate surface area is 298 Å². The van der Waals surface area contributed by atoms with Crippen LogP contribution in [0, 0.1) is 0 Å². The van der Waals surface area contributed by atoms with Crippen LogP contribution in [0.1, 0.15) is 39.5 Å². The van der Waals surface area contributed by atoms with Crippen LogP contribution in [0.2, 0.25) is 0 Å². The Balaban J connectivity index is 0.000000267. The maximum atomic E-state index is 13.6. The lowest BCUT2D eigenvalue weighted by Crippen LogP contribution is -2.13. The number of nitrogens with zero attached hydrogens (tertiary/aromatic N) is 2. The number of benzene rings is 5. The van der Waals surface area contributed by atoms with E-state index >= 15 is 0 Å². The molecule has 15 heteroatoms. The molecule has 6 aromatic rings. The third-order valence-electron chi connectivity index (χ3n) is 7.17. The Morgan fingerprint density at radius 2 is 1.06 bits per heavy atom. The molecule has 53 heavy (non-hydrogen) atoms. The van der Waals surface area contributed by atoms with Crippen LogP contribution in [0.25, 0.3) is 22.4 Å². The molecule has 5 aromatic carbocycles. The molecule has 0 spiro atoms. The molecule has 5 N–H and O–H groups in total. The number of nitrogens with two attached hydrogens (primary N) is 2. The van der Waals surface area contributed by atoms with Crippen LogP contribution in [0.15, 0.2) is 121 Å². The maximum Gasteiger partial charge on any atom is 0.417 e. The summed E-state index contributed by atoms with van der Waals surface area (Å²) in [6, 6.07) is 28.4. The first kappa shape index (κ1) is 41.6. The molecule has 1 aromatic heterocycles. The number of nitrogen functional groups attached to an aromatic ring is 2. The van der Waals surface area contributed by atoms with Gasteiger partial charge >= 0.3 is 18.5 Å². The number of fused-ring (bicyclic) bond motifs is 1. The lowest BCUT2D eigenvalue weighted by atomic mass is 10.0. The van der Waals surface area contributed by atoms with Crippen molar-refractivity contribution in [3.63, 3.8) is 0 Å². The van der Waals surface area contributed by atoms with Crippen molar-refractivity contribution in [2.75, 3.05) is 18.1 Å². The summed E-state index contributed by atoms with van der Waals surface area (Å²) in [5.41, 5.74) is 9.73. The Kier molecular flexibility index (Phi) is 14.2. The van der Waals surface area contributed by atoms with E-state index in [0.717, 1.165) is 24.3 Å². The third kappa shape index (κ3) is 11.3. The highest BCUT2D eigenvalue weighted by Gasteiger charge is 2.36. The number of carbonyl (C=O) groups is 1. The molecule has 0 saturated heterocycles. The zero-order valence-electron chi connectivity index (χ0n) is 27.8. The van der Waals surface area contributed by atoms with Gasteiger partial charge in [0.25, 0.3) is 0 Å². The summed E-state index contributed by atoms with van der Waals surface area (Å²) >= 11 is 0. The van der Waals surface area contributed by atoms with Crippen molar-refractivity contribution in [2.45, 2.75) is 32.0 Å². The Bertz CT molecular complexity index is 2070. The van der Waals surface area contributed by atoms with Crippen LogP contribution in [0.4, 0.5) is 50.9 Å². The van der Waals surface area contributed by atoms with Crippen molar-refractivity contribution in [2.24, 2.45) is 0 Å². The summed E-state index contributed by atoms with van der Waals surface area (Å²) in [6.45, 7) is 1.65. The summed E-state index contributed by atoms with van der Waals surface area (Å²) in [7, 11) is 0. The zero-order chi connectivity index (χ0) is 39.4. The molecule has 0 radical (unpaired) electrons. The predicted molar refractivity (Wildman–Crippen MR) is 186 cm³/mol. The van der Waals surface area contributed by atoms with E-state index in [1.165, 1.54) is 53.1 Å². The van der Waals surface area contributed by atoms with Crippen LogP contribution < -0.4 is 11.5 Å². The fourth-order valence-corrected chi connectivity index (χ4v) is 4.84. The van der Waals surface area contributed by atoms with E-state index in [4.69, 9.17) is 16.6 Å². The highest BCUT2D eigenvalue weighted by atomic mass is 19.4. The van der Waals surface area contributed by atoms with Gasteiger partial charge in [0.2, 0.25) is 0 Å². The average molecular weight is 749 g/mol. The van der Waals surface area contributed by atoms with Gasteiger partial charge in [0.05, 0.1) is 45.6 Å². The van der Waals surface area contributed by atoms with Crippen molar-refractivity contribution in [3.8, 4) is 11.4 Å². The normalized spacial score (nSPS) is 11.3. The van der Waals surface area contributed by atoms with Gasteiger partial charge in [-0.3, -0.25) is 4.79 Å². The van der Waals surface area contributed by atoms with Crippen LogP contribution in [0.5, 0.6) is 0 Å². The molecule has 6 rings (SSSR count). The highest BCUT2D eigenvalue weighted by Crippen LogP contribution is 2.39. The van der Waals surface area contributed by atoms with E-state index in [0.29, 0.717) is 22.4 Å². The monoisotopic (exact) mass is 748 g/mol. The fraction of sp³-hybridized carbons (Fsp3) is 0.158. The molecule has 0 atom stereocenters. The van der Waals surface area contributed by atoms with Crippen molar-refractivity contribution < 1.29 is 49.4 Å². The molecule has 0 saturated carbocycles. The molecule has 0 bridgehead atoms. The van der Waals surface area contributed by atoms with Gasteiger partial charge in [-0.25, -0.2) is 4.98 Å². The number of aromatic nitrogens is 2. The van der Waals surface area contributed by atoms with Gasteiger partial charge in [0.15, 0.2) is 6.29 Å². The number of aliphatic hydroxyl groups excluding tert-OH is 1. The van der Waals surface area contributed by atoms with Gasteiger partial charge in [0.1, 0.15) is 5.82 Å². The predicted octanol–water partition coefficient (Wildman–Crippen LogP) is 10.2. The lowest BCUT2D eigenvalue weighted by Gasteiger charge is -2.17. The van der Waals surface area contributed by atoms with E-state index in [9.17, 15) is 44.3 Å². The van der Waals surface area contributed by atoms with E-state index in [2.05, 4.69) is 4.98 Å². The average Bonchev–Trinajstić information content (AvgIpc) is 3.47. The Morgan fingerprint density at radius 3 is 1.57 bits per heavy atom. The molecule has 6 nitrogen and oxygen atoms in total. The molecular formula is C38H33F9N4O2. The van der Waals surface area contributed by atoms with Crippen LogP contribution >= 0.6 is 0 Å². The summed E-state index contributed by atoms with van der Waals surface area (Å²) in [5, 5.41) is 7.57. The van der Waals surface area contributed by atoms with Crippen molar-refractivity contribution in [1.29, 1.82) is 0 Å². The second kappa shape index (κ2) is 18.1. The van der Waals surface area contributed by atoms with Gasteiger partial charge in [-0.05, 0) is 55.0 Å². The minimum absolute atomic E-state index is 0.0406. The summed E-state index contributed by atoms with van der Waals surface area (Å²) in [4.78, 5) is 14.5. The molecule has 280 valence electrons. The standard InChI is InChI=1S/C22H14F6N2.C8H5F3O.C6H8N2.C2H6O/c23-21(24,25)16-9-3-1-7-14(16)13-30-19-12-6-5-11-18(19)29-20(30)15-8-2-4-10-17(15)22(26,27)28;9-8(10,11)7-4-2-1-3-6(7)5-12;7-5-3-1-2-4-6(5)8;1-2-3/h1-12H,13H2;1-5H;1-4H,7-8H2;3H,2H2,1H3. The number of aliphatic hydroxyl groups is 1. The Morgan fingerprint density at radius 1 is 0.623 bits per heavy atom.